The molecule has 0 radical (unpaired) electrons. The first-order valence-corrected chi connectivity index (χ1v) is 36.7. The van der Waals surface area contributed by atoms with Crippen molar-refractivity contribution >= 4 is 59.1 Å². The first kappa shape index (κ1) is 85.5. The molecule has 2 aliphatic rings. The van der Waals surface area contributed by atoms with Crippen LogP contribution in [0.4, 0.5) is 21.0 Å². The number of benzene rings is 4. The van der Waals surface area contributed by atoms with E-state index in [4.69, 9.17) is 37.9 Å². The van der Waals surface area contributed by atoms with E-state index in [1.807, 2.05) is 180 Å². The molecule has 588 valence electrons. The van der Waals surface area contributed by atoms with Crippen LogP contribution in [0.3, 0.4) is 0 Å². The minimum atomic E-state index is -0.585. The molecule has 30 heteroatoms. The van der Waals surface area contributed by atoms with Gasteiger partial charge in [-0.3, -0.25) is 39.4 Å². The number of unbranched alkanes of at least 4 members (excludes halogenated alkanes) is 2. The van der Waals surface area contributed by atoms with Gasteiger partial charge in [-0.05, 0) is 145 Å². The first-order valence-electron chi connectivity index (χ1n) is 36.7. The highest BCUT2D eigenvalue weighted by Crippen LogP contribution is 2.43. The number of rotatable bonds is 34. The second-order valence-electron chi connectivity index (χ2n) is 30.0. The van der Waals surface area contributed by atoms with Crippen molar-refractivity contribution in [3.8, 4) is 45.0 Å². The number of alkyl carbamates (subject to hydrolysis) is 2. The number of para-hydroxylation sites is 2. The van der Waals surface area contributed by atoms with E-state index >= 15 is 0 Å². The summed E-state index contributed by atoms with van der Waals surface area (Å²) in [5.74, 6) is -2.00. The van der Waals surface area contributed by atoms with Gasteiger partial charge in [0.1, 0.15) is 61.1 Å². The van der Waals surface area contributed by atoms with Crippen molar-refractivity contribution in [1.82, 2.24) is 61.9 Å². The average Bonchev–Trinajstić information content (AvgIpc) is 1.52. The van der Waals surface area contributed by atoms with Crippen LogP contribution in [-0.4, -0.2) is 205 Å². The van der Waals surface area contributed by atoms with Crippen molar-refractivity contribution in [1.29, 1.82) is 0 Å². The van der Waals surface area contributed by atoms with Crippen molar-refractivity contribution in [3.63, 3.8) is 0 Å². The number of methoxy groups -OCH3 is 2. The molecular formula is C78H110N14O16. The lowest BCUT2D eigenvalue weighted by molar-refractivity contribution is -0.159. The molecular weight excluding hydrogens is 1390 g/mol. The van der Waals surface area contributed by atoms with Gasteiger partial charge in [-0.25, -0.2) is 19.0 Å². The van der Waals surface area contributed by atoms with Crippen molar-refractivity contribution < 1.29 is 76.3 Å². The standard InChI is InChI=1S/2C39H55N7O8/c1-38(2,3)42-30(36(49)54-39(4,5)6)17-12-13-19-40-37(50)53-21-20-46-35-28-15-9-8-14-27(28)25-45(31-18-11-10-16-29(31)34(35)43-44-46)33(48)24-41-32(47)26-52-23-22-51-7;1-38(2,3)42-30(36(49)54-39(4,5)6)17-12-13-19-40-37(50)53-21-20-46-35-29-16-10-11-18-31(29)45(33(48)24-41-32(47)26-52-23-22-51-7)25-27-14-8-9-15-28(27)34(35)43-44-46/h2*8-11,14-16,18,30,42H,12-13,17,19-26H2,1-7H3,(H,40,50)(H,41,47). The molecule has 0 saturated heterocycles. The summed E-state index contributed by atoms with van der Waals surface area (Å²) in [6.45, 7) is 25.3. The first-order chi connectivity index (χ1) is 51.3. The summed E-state index contributed by atoms with van der Waals surface area (Å²) in [5, 5.41) is 35.5. The van der Waals surface area contributed by atoms with Crippen LogP contribution in [0.25, 0.3) is 45.0 Å². The van der Waals surface area contributed by atoms with Gasteiger partial charge in [-0.15, -0.1) is 10.2 Å². The number of ether oxygens (including phenoxy) is 8. The van der Waals surface area contributed by atoms with Crippen LogP contribution in [0.5, 0.6) is 0 Å². The summed E-state index contributed by atoms with van der Waals surface area (Å²) >= 11 is 0. The summed E-state index contributed by atoms with van der Waals surface area (Å²) in [4.78, 5) is 106. The zero-order chi connectivity index (χ0) is 78.6. The second-order valence-corrected chi connectivity index (χ2v) is 30.0. The number of fused-ring (bicyclic) bond motifs is 10. The number of esters is 2. The lowest BCUT2D eigenvalue weighted by Gasteiger charge is -2.30. The van der Waals surface area contributed by atoms with Crippen molar-refractivity contribution in [2.75, 3.05) is 103 Å². The highest BCUT2D eigenvalue weighted by atomic mass is 16.6. The molecule has 8 rings (SSSR count). The van der Waals surface area contributed by atoms with E-state index in [1.165, 1.54) is 0 Å². The summed E-state index contributed by atoms with van der Waals surface area (Å²) in [6.07, 6.45) is 2.70. The van der Waals surface area contributed by atoms with Crippen LogP contribution in [0.1, 0.15) is 133 Å². The quantitative estimate of drug-likeness (QED) is 0.0125. The monoisotopic (exact) mass is 1500 g/mol. The molecule has 0 saturated carbocycles. The van der Waals surface area contributed by atoms with Gasteiger partial charge in [0.15, 0.2) is 0 Å². The van der Waals surface area contributed by atoms with E-state index < -0.39 is 47.3 Å². The highest BCUT2D eigenvalue weighted by molar-refractivity contribution is 6.03. The van der Waals surface area contributed by atoms with Crippen LogP contribution >= 0.6 is 0 Å². The van der Waals surface area contributed by atoms with Crippen LogP contribution in [0.15, 0.2) is 97.1 Å². The Morgan fingerprint density at radius 3 is 1.26 bits per heavy atom. The molecule has 2 atom stereocenters. The third-order valence-electron chi connectivity index (χ3n) is 16.4. The summed E-state index contributed by atoms with van der Waals surface area (Å²) in [5.41, 5.74) is 6.91. The van der Waals surface area contributed by atoms with E-state index in [2.05, 4.69) is 52.5 Å². The highest BCUT2D eigenvalue weighted by Gasteiger charge is 2.34. The lowest BCUT2D eigenvalue weighted by atomic mass is 9.95. The molecule has 2 aliphatic heterocycles. The Kier molecular flexibility index (Phi) is 32.5. The van der Waals surface area contributed by atoms with E-state index in [1.54, 1.807) is 33.4 Å². The lowest BCUT2D eigenvalue weighted by Crippen LogP contribution is -2.49. The van der Waals surface area contributed by atoms with Gasteiger partial charge < -0.3 is 69.0 Å². The Bertz CT molecular complexity index is 3960. The minimum absolute atomic E-state index is 0.0167. The number of hydrogen-bond donors (Lipinski definition) is 6. The number of amides is 6. The number of carbonyl (C=O) groups is 8. The van der Waals surface area contributed by atoms with E-state index in [0.29, 0.717) is 104 Å². The molecule has 0 aliphatic carbocycles. The van der Waals surface area contributed by atoms with E-state index in [0.717, 1.165) is 27.9 Å². The maximum Gasteiger partial charge on any atom is 0.407 e. The number of nitrogens with zero attached hydrogens (tertiary/aromatic N) is 8. The zero-order valence-electron chi connectivity index (χ0n) is 65.1. The van der Waals surface area contributed by atoms with E-state index in [-0.39, 0.29) is 114 Å². The number of anilines is 2. The number of aromatic nitrogens is 6. The average molecular weight is 1500 g/mol. The van der Waals surface area contributed by atoms with Crippen LogP contribution in [0.2, 0.25) is 0 Å². The smallest absolute Gasteiger partial charge is 0.407 e. The Morgan fingerprint density at radius 2 is 0.824 bits per heavy atom. The summed E-state index contributed by atoms with van der Waals surface area (Å²) in [7, 11) is 3.09. The van der Waals surface area contributed by atoms with Crippen LogP contribution < -0.4 is 41.7 Å². The Morgan fingerprint density at radius 1 is 0.444 bits per heavy atom. The largest absolute Gasteiger partial charge is 0.459 e. The normalized spacial score (nSPS) is 13.1. The molecule has 4 aromatic carbocycles. The van der Waals surface area contributed by atoms with Gasteiger partial charge in [0.05, 0.1) is 88.5 Å². The van der Waals surface area contributed by atoms with Gasteiger partial charge >= 0.3 is 24.1 Å². The van der Waals surface area contributed by atoms with Crippen LogP contribution in [0, 0.1) is 0 Å². The number of hydrogen-bond acceptors (Lipinski definition) is 22. The molecule has 0 bridgehead atoms. The fraction of sp³-hybridized carbons (Fsp3) is 0.538. The molecule has 30 nitrogen and oxygen atoms in total. The Hall–Kier alpha value is -9.72. The number of carbonyl (C=O) groups excluding carboxylic acids is 8. The minimum Gasteiger partial charge on any atom is -0.459 e. The van der Waals surface area contributed by atoms with Crippen molar-refractivity contribution in [2.45, 2.75) is 182 Å². The maximum atomic E-state index is 13.7. The van der Waals surface area contributed by atoms with Gasteiger partial charge in [-0.2, -0.15) is 0 Å². The summed E-state index contributed by atoms with van der Waals surface area (Å²) < 4.78 is 46.0. The third-order valence-corrected chi connectivity index (χ3v) is 16.4. The molecule has 6 N–H and O–H groups in total. The van der Waals surface area contributed by atoms with E-state index in [9.17, 15) is 38.4 Å². The SMILES string of the molecule is COCCOCC(=O)NCC(=O)N1Cc2ccccc2-c2c(nnn2CCOC(=O)NCCCCC(NC(C)(C)C)C(=O)OC(C)(C)C)-c2ccccc21.COCCOCC(=O)NCC(=O)N1Cc2ccccc2-c2nnn(CCOC(=O)NCCCCC(NC(C)(C)C)C(=O)OC(C)(C)C)c2-c2ccccc21. The van der Waals surface area contributed by atoms with Crippen molar-refractivity contribution in [3.05, 3.63) is 108 Å². The molecule has 6 amide bonds. The van der Waals surface area contributed by atoms with Crippen LogP contribution in [-0.2, 0) is 92.8 Å². The Balaban J connectivity index is 0.000000301. The van der Waals surface area contributed by atoms with Crippen molar-refractivity contribution in [2.24, 2.45) is 0 Å². The topological polar surface area (TPSA) is 350 Å². The van der Waals surface area contributed by atoms with Gasteiger partial charge in [0.2, 0.25) is 23.6 Å². The van der Waals surface area contributed by atoms with Gasteiger partial charge in [0, 0.05) is 60.6 Å². The van der Waals surface area contributed by atoms with Gasteiger partial charge in [0.25, 0.3) is 0 Å². The van der Waals surface area contributed by atoms with Gasteiger partial charge in [-0.1, -0.05) is 95.4 Å². The molecule has 2 unspecified atom stereocenters. The molecule has 6 aromatic rings. The number of nitrogens with one attached hydrogen (secondary N) is 6. The molecule has 108 heavy (non-hydrogen) atoms. The maximum absolute atomic E-state index is 13.7. The fourth-order valence-electron chi connectivity index (χ4n) is 11.8. The molecule has 4 heterocycles. The zero-order valence-corrected chi connectivity index (χ0v) is 65.1. The molecule has 0 spiro atoms. The Labute approximate surface area is 633 Å². The molecule has 0 fully saturated rings. The second kappa shape index (κ2) is 41.0. The predicted octanol–water partition coefficient (Wildman–Crippen LogP) is 8.47. The third kappa shape index (κ3) is 27.5. The fourth-order valence-corrected chi connectivity index (χ4v) is 11.8. The predicted molar refractivity (Wildman–Crippen MR) is 407 cm³/mol. The summed E-state index contributed by atoms with van der Waals surface area (Å²) in [6, 6.07) is 29.3. The molecule has 2 aromatic heterocycles.